The van der Waals surface area contributed by atoms with Gasteiger partial charge in [-0.2, -0.15) is 0 Å². The van der Waals surface area contributed by atoms with Gasteiger partial charge in [0.25, 0.3) is 0 Å². The predicted octanol–water partition coefficient (Wildman–Crippen LogP) is 3.48. The van der Waals surface area contributed by atoms with Crippen LogP contribution in [0.4, 0.5) is 0 Å². The Balaban J connectivity index is 1.60. The van der Waals surface area contributed by atoms with E-state index in [-0.39, 0.29) is 0 Å². The van der Waals surface area contributed by atoms with E-state index in [1.54, 1.807) is 0 Å². The summed E-state index contributed by atoms with van der Waals surface area (Å²) in [5.74, 6) is 0.948. The zero-order valence-electron chi connectivity index (χ0n) is 11.3. The maximum Gasteiger partial charge on any atom is 0.137 e. The Labute approximate surface area is 118 Å². The summed E-state index contributed by atoms with van der Waals surface area (Å²) in [4.78, 5) is 7.90. The highest BCUT2D eigenvalue weighted by Gasteiger charge is 2.20. The number of hydrogen-bond donors (Lipinski definition) is 2. The lowest BCUT2D eigenvalue weighted by atomic mass is 10.1. The smallest absolute Gasteiger partial charge is 0.137 e. The molecular weight excluding hydrogens is 246 g/mol. The van der Waals surface area contributed by atoms with Crippen molar-refractivity contribution in [2.45, 2.75) is 25.4 Å². The average molecular weight is 263 g/mol. The fraction of sp³-hybridized carbons (Fsp3) is 0.235. The van der Waals surface area contributed by atoms with Gasteiger partial charge < -0.3 is 10.3 Å². The summed E-state index contributed by atoms with van der Waals surface area (Å²) in [6.07, 6.45) is 4.55. The number of fused-ring (bicyclic) bond motifs is 1. The number of rotatable bonds is 4. The van der Waals surface area contributed by atoms with Crippen LogP contribution in [0.1, 0.15) is 18.5 Å². The molecule has 100 valence electrons. The third kappa shape index (κ3) is 2.32. The fourth-order valence-corrected chi connectivity index (χ4v) is 2.47. The largest absolute Gasteiger partial charge is 0.341 e. The van der Waals surface area contributed by atoms with Gasteiger partial charge in [-0.3, -0.25) is 0 Å². The highest BCUT2D eigenvalue weighted by Crippen LogP contribution is 2.23. The quantitative estimate of drug-likeness (QED) is 0.756. The Kier molecular flexibility index (Phi) is 2.78. The molecule has 0 aliphatic heterocycles. The normalized spacial score (nSPS) is 14.8. The van der Waals surface area contributed by atoms with Gasteiger partial charge in [0.2, 0.25) is 0 Å². The van der Waals surface area contributed by atoms with Crippen LogP contribution in [0, 0.1) is 0 Å². The van der Waals surface area contributed by atoms with Crippen LogP contribution < -0.4 is 5.32 Å². The fourth-order valence-electron chi connectivity index (χ4n) is 2.47. The number of aromatic nitrogens is 2. The van der Waals surface area contributed by atoms with E-state index in [0.29, 0.717) is 0 Å². The van der Waals surface area contributed by atoms with Crippen LogP contribution in [-0.4, -0.2) is 16.0 Å². The lowest BCUT2D eigenvalue weighted by Crippen LogP contribution is -2.15. The van der Waals surface area contributed by atoms with Gasteiger partial charge in [-0.25, -0.2) is 4.98 Å². The molecular formula is C17H17N3. The molecule has 0 saturated heterocycles. The van der Waals surface area contributed by atoms with E-state index >= 15 is 0 Å². The van der Waals surface area contributed by atoms with Crippen LogP contribution in [0.2, 0.25) is 0 Å². The molecule has 1 aromatic heterocycles. The highest BCUT2D eigenvalue weighted by molar-refractivity contribution is 5.86. The number of hydrogen-bond acceptors (Lipinski definition) is 2. The molecule has 3 nitrogen and oxygen atoms in total. The molecule has 0 spiro atoms. The second kappa shape index (κ2) is 4.76. The van der Waals surface area contributed by atoms with Crippen molar-refractivity contribution in [3.05, 3.63) is 54.4 Å². The standard InChI is InChI=1S/C17H17N3/c1-2-4-13-9-14(6-5-12(13)3-1)17-19-11-16(20-17)10-18-15-7-8-15/h1-6,9,11,15,18H,7-8,10H2,(H,19,20). The van der Waals surface area contributed by atoms with Gasteiger partial charge in [-0.05, 0) is 29.7 Å². The maximum absolute atomic E-state index is 4.50. The summed E-state index contributed by atoms with van der Waals surface area (Å²) in [7, 11) is 0. The zero-order chi connectivity index (χ0) is 13.4. The Bertz CT molecular complexity index is 741. The Morgan fingerprint density at radius 2 is 1.95 bits per heavy atom. The number of nitrogens with zero attached hydrogens (tertiary/aromatic N) is 1. The van der Waals surface area contributed by atoms with Gasteiger partial charge in [0.05, 0.1) is 0 Å². The summed E-state index contributed by atoms with van der Waals surface area (Å²) in [5.41, 5.74) is 2.29. The molecule has 1 aliphatic carbocycles. The lowest BCUT2D eigenvalue weighted by molar-refractivity contribution is 0.677. The molecule has 3 aromatic rings. The monoisotopic (exact) mass is 263 g/mol. The number of benzene rings is 2. The molecule has 0 radical (unpaired) electrons. The summed E-state index contributed by atoms with van der Waals surface area (Å²) in [6.45, 7) is 0.880. The van der Waals surface area contributed by atoms with E-state index < -0.39 is 0 Å². The van der Waals surface area contributed by atoms with Crippen molar-refractivity contribution in [1.29, 1.82) is 0 Å². The Hall–Kier alpha value is -2.13. The maximum atomic E-state index is 4.50. The minimum atomic E-state index is 0.724. The first-order chi connectivity index (χ1) is 9.88. The third-order valence-electron chi connectivity index (χ3n) is 3.81. The molecule has 1 fully saturated rings. The van der Waals surface area contributed by atoms with Crippen LogP contribution in [0.25, 0.3) is 22.2 Å². The van der Waals surface area contributed by atoms with E-state index in [9.17, 15) is 0 Å². The molecule has 2 N–H and O–H groups in total. The second-order valence-electron chi connectivity index (χ2n) is 5.47. The van der Waals surface area contributed by atoms with Crippen molar-refractivity contribution in [3.63, 3.8) is 0 Å². The second-order valence-corrected chi connectivity index (χ2v) is 5.47. The van der Waals surface area contributed by atoms with Gasteiger partial charge in [-0.15, -0.1) is 0 Å². The Morgan fingerprint density at radius 1 is 1.10 bits per heavy atom. The van der Waals surface area contributed by atoms with Crippen LogP contribution in [0.15, 0.2) is 48.7 Å². The van der Waals surface area contributed by atoms with E-state index in [4.69, 9.17) is 0 Å². The molecule has 3 heteroatoms. The van der Waals surface area contributed by atoms with E-state index in [2.05, 4.69) is 57.7 Å². The van der Waals surface area contributed by atoms with Gasteiger partial charge in [0.15, 0.2) is 0 Å². The number of aromatic amines is 1. The van der Waals surface area contributed by atoms with Gasteiger partial charge in [-0.1, -0.05) is 36.4 Å². The summed E-state index contributed by atoms with van der Waals surface area (Å²) in [5, 5.41) is 6.01. The SMILES string of the molecule is c1ccc2cc(-c3ncc(CNC4CC4)[nH]3)ccc2c1. The molecule has 0 amide bonds. The number of nitrogens with one attached hydrogen (secondary N) is 2. The Morgan fingerprint density at radius 3 is 2.80 bits per heavy atom. The van der Waals surface area contributed by atoms with E-state index in [0.717, 1.165) is 29.7 Å². The molecule has 0 atom stereocenters. The molecule has 4 rings (SSSR count). The summed E-state index contributed by atoms with van der Waals surface area (Å²) in [6, 6.07) is 15.6. The van der Waals surface area contributed by atoms with Crippen molar-refractivity contribution in [2.75, 3.05) is 0 Å². The van der Waals surface area contributed by atoms with Crippen LogP contribution >= 0.6 is 0 Å². The minimum absolute atomic E-state index is 0.724. The lowest BCUT2D eigenvalue weighted by Gasteiger charge is -2.01. The molecule has 2 aromatic carbocycles. The minimum Gasteiger partial charge on any atom is -0.341 e. The van der Waals surface area contributed by atoms with Crippen molar-refractivity contribution in [3.8, 4) is 11.4 Å². The highest BCUT2D eigenvalue weighted by atomic mass is 15.0. The average Bonchev–Trinajstić information content (AvgIpc) is 3.21. The van der Waals surface area contributed by atoms with Gasteiger partial charge in [0.1, 0.15) is 5.82 Å². The van der Waals surface area contributed by atoms with E-state index in [1.807, 2.05) is 6.20 Å². The van der Waals surface area contributed by atoms with Gasteiger partial charge in [0, 0.05) is 30.0 Å². The first-order valence-corrected chi connectivity index (χ1v) is 7.15. The number of H-pyrrole nitrogens is 1. The first kappa shape index (κ1) is 11.7. The van der Waals surface area contributed by atoms with Crippen molar-refractivity contribution >= 4 is 10.8 Å². The van der Waals surface area contributed by atoms with E-state index in [1.165, 1.54) is 23.6 Å². The number of imidazole rings is 1. The van der Waals surface area contributed by atoms with Crippen LogP contribution in [0.3, 0.4) is 0 Å². The van der Waals surface area contributed by atoms with Crippen LogP contribution in [0.5, 0.6) is 0 Å². The van der Waals surface area contributed by atoms with Crippen molar-refractivity contribution in [1.82, 2.24) is 15.3 Å². The predicted molar refractivity (Wildman–Crippen MR) is 81.4 cm³/mol. The molecule has 20 heavy (non-hydrogen) atoms. The summed E-state index contributed by atoms with van der Waals surface area (Å²) < 4.78 is 0. The summed E-state index contributed by atoms with van der Waals surface area (Å²) >= 11 is 0. The molecule has 0 bridgehead atoms. The molecule has 1 saturated carbocycles. The third-order valence-corrected chi connectivity index (χ3v) is 3.81. The molecule has 0 unspecified atom stereocenters. The molecule has 1 heterocycles. The first-order valence-electron chi connectivity index (χ1n) is 7.15. The van der Waals surface area contributed by atoms with Gasteiger partial charge >= 0.3 is 0 Å². The van der Waals surface area contributed by atoms with Crippen molar-refractivity contribution in [2.24, 2.45) is 0 Å². The van der Waals surface area contributed by atoms with Crippen molar-refractivity contribution < 1.29 is 0 Å². The van der Waals surface area contributed by atoms with Crippen LogP contribution in [-0.2, 0) is 6.54 Å². The topological polar surface area (TPSA) is 40.7 Å². The zero-order valence-corrected chi connectivity index (χ0v) is 11.3. The molecule has 1 aliphatic rings.